The summed E-state index contributed by atoms with van der Waals surface area (Å²) in [6, 6.07) is 13.7. The highest BCUT2D eigenvalue weighted by molar-refractivity contribution is 5.77. The maximum atomic E-state index is 12.7. The van der Waals surface area contributed by atoms with Crippen molar-refractivity contribution >= 4 is 11.7 Å². The van der Waals surface area contributed by atoms with Gasteiger partial charge in [0.2, 0.25) is 0 Å². The Kier molecular flexibility index (Phi) is 5.73. The Morgan fingerprint density at radius 2 is 2.14 bits per heavy atom. The lowest BCUT2D eigenvalue weighted by atomic mass is 9.81. The lowest BCUT2D eigenvalue weighted by Gasteiger charge is -2.37. The molecular weight excluding hydrogens is 354 g/mol. The molecule has 3 unspecified atom stereocenters. The predicted molar refractivity (Wildman–Crippen MR) is 108 cm³/mol. The summed E-state index contributed by atoms with van der Waals surface area (Å²) in [5.74, 6) is 2.00. The summed E-state index contributed by atoms with van der Waals surface area (Å²) in [5, 5.41) is 0. The van der Waals surface area contributed by atoms with Gasteiger partial charge in [0.05, 0.1) is 0 Å². The van der Waals surface area contributed by atoms with Crippen molar-refractivity contribution < 1.29 is 9.53 Å². The Morgan fingerprint density at radius 3 is 2.96 bits per heavy atom. The highest BCUT2D eigenvalue weighted by Gasteiger charge is 2.37. The number of hydrogen-bond donors (Lipinski definition) is 3. The number of pyridine rings is 1. The zero-order valence-corrected chi connectivity index (χ0v) is 15.9. The standard InChI is InChI=1S/C21H27N5O2/c22-19-11-15(8-9-23-19)18-12-24-25-21(18)16-5-4-10-26(13-16)20(27)14-28-17-6-2-1-3-7-17/h1-3,6-9,11,16,18,21,24-25H,4-5,10,12-14H2,(H2,22,23). The van der Waals surface area contributed by atoms with Crippen LogP contribution in [0.5, 0.6) is 5.75 Å². The highest BCUT2D eigenvalue weighted by Crippen LogP contribution is 2.32. The van der Waals surface area contributed by atoms with Gasteiger partial charge >= 0.3 is 0 Å². The first-order chi connectivity index (χ1) is 13.7. The van der Waals surface area contributed by atoms with Gasteiger partial charge in [-0.1, -0.05) is 18.2 Å². The third kappa shape index (κ3) is 4.26. The largest absolute Gasteiger partial charge is 0.484 e. The van der Waals surface area contributed by atoms with Crippen LogP contribution < -0.4 is 21.3 Å². The number of carbonyl (C=O) groups excluding carboxylic acids is 1. The molecule has 2 saturated heterocycles. The van der Waals surface area contributed by atoms with Crippen LogP contribution in [0.25, 0.3) is 0 Å². The molecule has 3 heterocycles. The molecule has 1 aromatic heterocycles. The van der Waals surface area contributed by atoms with E-state index in [-0.39, 0.29) is 18.6 Å². The molecule has 3 atom stereocenters. The first kappa shape index (κ1) is 18.7. The van der Waals surface area contributed by atoms with E-state index in [1.54, 1.807) is 6.20 Å². The molecule has 2 fully saturated rings. The van der Waals surface area contributed by atoms with E-state index in [9.17, 15) is 4.79 Å². The molecule has 28 heavy (non-hydrogen) atoms. The fourth-order valence-corrected chi connectivity index (χ4v) is 4.26. The van der Waals surface area contributed by atoms with Gasteiger partial charge in [-0.15, -0.1) is 0 Å². The van der Waals surface area contributed by atoms with Crippen molar-refractivity contribution in [2.75, 3.05) is 32.0 Å². The van der Waals surface area contributed by atoms with Crippen LogP contribution in [0.15, 0.2) is 48.7 Å². The second-order valence-electron chi connectivity index (χ2n) is 7.52. The average molecular weight is 381 g/mol. The van der Waals surface area contributed by atoms with E-state index in [1.807, 2.05) is 47.4 Å². The number of nitrogens with one attached hydrogen (secondary N) is 2. The van der Waals surface area contributed by atoms with Crippen LogP contribution in [-0.4, -0.2) is 48.1 Å². The second kappa shape index (κ2) is 8.58. The van der Waals surface area contributed by atoms with E-state index >= 15 is 0 Å². The number of nitrogens with two attached hydrogens (primary N) is 1. The summed E-state index contributed by atoms with van der Waals surface area (Å²) >= 11 is 0. The normalized spacial score (nSPS) is 24.9. The van der Waals surface area contributed by atoms with Crippen LogP contribution >= 0.6 is 0 Å². The van der Waals surface area contributed by atoms with Crippen molar-refractivity contribution in [3.05, 3.63) is 54.2 Å². The summed E-state index contributed by atoms with van der Waals surface area (Å²) < 4.78 is 5.65. The number of amides is 1. The molecule has 2 aliphatic heterocycles. The molecule has 0 radical (unpaired) electrons. The molecular formula is C21H27N5O2. The number of ether oxygens (including phenoxy) is 1. The Balaban J connectivity index is 1.38. The summed E-state index contributed by atoms with van der Waals surface area (Å²) in [4.78, 5) is 18.7. The van der Waals surface area contributed by atoms with Crippen molar-refractivity contribution in [2.24, 2.45) is 5.92 Å². The number of hydrogen-bond acceptors (Lipinski definition) is 6. The van der Waals surface area contributed by atoms with Gasteiger partial charge in [0.25, 0.3) is 5.91 Å². The van der Waals surface area contributed by atoms with Crippen LogP contribution in [0.2, 0.25) is 0 Å². The van der Waals surface area contributed by atoms with Gasteiger partial charge in [-0.3, -0.25) is 15.6 Å². The second-order valence-corrected chi connectivity index (χ2v) is 7.52. The minimum absolute atomic E-state index is 0.0456. The Hall–Kier alpha value is -2.64. The Bertz CT molecular complexity index is 800. The van der Waals surface area contributed by atoms with E-state index in [2.05, 4.69) is 15.8 Å². The van der Waals surface area contributed by atoms with Crippen molar-refractivity contribution in [2.45, 2.75) is 24.8 Å². The van der Waals surface area contributed by atoms with Crippen molar-refractivity contribution in [1.82, 2.24) is 20.7 Å². The maximum absolute atomic E-state index is 12.7. The van der Waals surface area contributed by atoms with Crippen molar-refractivity contribution in [1.29, 1.82) is 0 Å². The molecule has 2 aromatic rings. The van der Waals surface area contributed by atoms with Gasteiger partial charge in [-0.25, -0.2) is 4.98 Å². The minimum atomic E-state index is 0.0456. The van der Waals surface area contributed by atoms with Crippen molar-refractivity contribution in [3.63, 3.8) is 0 Å². The van der Waals surface area contributed by atoms with E-state index in [1.165, 1.54) is 5.56 Å². The number of likely N-dealkylation sites (tertiary alicyclic amines) is 1. The summed E-state index contributed by atoms with van der Waals surface area (Å²) in [7, 11) is 0. The number of piperidine rings is 1. The molecule has 0 bridgehead atoms. The molecule has 0 spiro atoms. The first-order valence-electron chi connectivity index (χ1n) is 9.86. The fraction of sp³-hybridized carbons (Fsp3) is 0.429. The summed E-state index contributed by atoms with van der Waals surface area (Å²) in [6.07, 6.45) is 3.86. The molecule has 4 rings (SSSR count). The van der Waals surface area contributed by atoms with Gasteiger partial charge in [-0.2, -0.15) is 0 Å². The minimum Gasteiger partial charge on any atom is -0.484 e. The molecule has 1 amide bonds. The number of hydrazine groups is 1. The van der Waals surface area contributed by atoms with Crippen LogP contribution in [0.3, 0.4) is 0 Å². The number of carbonyl (C=O) groups is 1. The van der Waals surface area contributed by atoms with E-state index in [0.29, 0.717) is 17.7 Å². The van der Waals surface area contributed by atoms with Gasteiger partial charge in [0, 0.05) is 37.8 Å². The zero-order valence-electron chi connectivity index (χ0n) is 15.9. The SMILES string of the molecule is Nc1cc(C2CNNC2C2CCCN(C(=O)COc3ccccc3)C2)ccn1. The van der Waals surface area contributed by atoms with Gasteiger partial charge in [0.1, 0.15) is 11.6 Å². The number of aromatic nitrogens is 1. The van der Waals surface area contributed by atoms with Crippen LogP contribution in [-0.2, 0) is 4.79 Å². The number of benzene rings is 1. The molecule has 4 N–H and O–H groups in total. The quantitative estimate of drug-likeness (QED) is 0.728. The van der Waals surface area contributed by atoms with Crippen LogP contribution in [0.4, 0.5) is 5.82 Å². The Morgan fingerprint density at radius 1 is 1.29 bits per heavy atom. The zero-order chi connectivity index (χ0) is 19.3. The van der Waals surface area contributed by atoms with E-state index < -0.39 is 0 Å². The number of nitrogens with zero attached hydrogens (tertiary/aromatic N) is 2. The van der Waals surface area contributed by atoms with Gasteiger partial charge in [0.15, 0.2) is 6.61 Å². The monoisotopic (exact) mass is 381 g/mol. The Labute approximate surface area is 165 Å². The first-order valence-corrected chi connectivity index (χ1v) is 9.86. The summed E-state index contributed by atoms with van der Waals surface area (Å²) in [6.45, 7) is 2.46. The number of nitrogen functional groups attached to an aromatic ring is 1. The lowest BCUT2D eigenvalue weighted by Crippen LogP contribution is -2.49. The molecule has 7 heteroatoms. The lowest BCUT2D eigenvalue weighted by molar-refractivity contribution is -0.135. The van der Waals surface area contributed by atoms with Crippen LogP contribution in [0, 0.1) is 5.92 Å². The van der Waals surface area contributed by atoms with Crippen LogP contribution in [0.1, 0.15) is 24.3 Å². The maximum Gasteiger partial charge on any atom is 0.260 e. The van der Waals surface area contributed by atoms with Crippen molar-refractivity contribution in [3.8, 4) is 5.75 Å². The smallest absolute Gasteiger partial charge is 0.260 e. The van der Waals surface area contributed by atoms with E-state index in [4.69, 9.17) is 10.5 Å². The van der Waals surface area contributed by atoms with Gasteiger partial charge < -0.3 is 15.4 Å². The fourth-order valence-electron chi connectivity index (χ4n) is 4.26. The summed E-state index contributed by atoms with van der Waals surface area (Å²) in [5.41, 5.74) is 13.8. The molecule has 7 nitrogen and oxygen atoms in total. The molecule has 2 aliphatic rings. The molecule has 1 aromatic carbocycles. The number of rotatable bonds is 5. The molecule has 0 saturated carbocycles. The number of para-hydroxylation sites is 1. The predicted octanol–water partition coefficient (Wildman–Crippen LogP) is 1.54. The topological polar surface area (TPSA) is 92.5 Å². The molecule has 148 valence electrons. The van der Waals surface area contributed by atoms with Gasteiger partial charge in [-0.05, 0) is 48.6 Å². The third-order valence-corrected chi connectivity index (χ3v) is 5.68. The highest BCUT2D eigenvalue weighted by atomic mass is 16.5. The third-order valence-electron chi connectivity index (χ3n) is 5.68. The average Bonchev–Trinajstić information content (AvgIpc) is 3.23. The number of anilines is 1. The van der Waals surface area contributed by atoms with E-state index in [0.717, 1.165) is 38.2 Å². The molecule has 0 aliphatic carbocycles.